The molecule has 0 aromatic carbocycles. The van der Waals surface area contributed by atoms with Gasteiger partial charge in [-0.2, -0.15) is 0 Å². The third kappa shape index (κ3) is 1.53. The van der Waals surface area contributed by atoms with E-state index in [4.69, 9.17) is 0 Å². The van der Waals surface area contributed by atoms with E-state index in [1.165, 1.54) is 6.42 Å². The molecule has 3 heteroatoms. The molecule has 2 heterocycles. The molecule has 0 bridgehead atoms. The summed E-state index contributed by atoms with van der Waals surface area (Å²) in [5, 5.41) is 16.4. The van der Waals surface area contributed by atoms with E-state index < -0.39 is 0 Å². The number of aliphatic hydroxyl groups excluding tert-OH is 1. The summed E-state index contributed by atoms with van der Waals surface area (Å²) in [4.78, 5) is 0. The van der Waals surface area contributed by atoms with Gasteiger partial charge in [0.2, 0.25) is 0 Å². The third-order valence-electron chi connectivity index (χ3n) is 2.69. The topological polar surface area (TPSA) is 44.3 Å². The zero-order valence-corrected chi connectivity index (χ0v) is 7.16. The molecule has 0 aromatic heterocycles. The first-order chi connectivity index (χ1) is 5.88. The number of rotatable bonds is 2. The molecule has 1 fully saturated rings. The zero-order chi connectivity index (χ0) is 8.39. The third-order valence-corrected chi connectivity index (χ3v) is 2.69. The first-order valence-electron chi connectivity index (χ1n) is 4.69. The van der Waals surface area contributed by atoms with Gasteiger partial charge in [0, 0.05) is 12.6 Å². The minimum atomic E-state index is -0.258. The van der Waals surface area contributed by atoms with Crippen molar-refractivity contribution in [3.05, 3.63) is 12.2 Å². The normalized spacial score (nSPS) is 37.4. The second kappa shape index (κ2) is 3.56. The minimum Gasteiger partial charge on any atom is -0.390 e. The molecule has 3 nitrogen and oxygen atoms in total. The Hall–Kier alpha value is -0.380. The molecule has 0 aliphatic carbocycles. The minimum absolute atomic E-state index is 0.167. The Labute approximate surface area is 72.9 Å². The van der Waals surface area contributed by atoms with E-state index in [-0.39, 0.29) is 12.1 Å². The maximum Gasteiger partial charge on any atom is 0.0881 e. The van der Waals surface area contributed by atoms with Gasteiger partial charge in [-0.3, -0.25) is 0 Å². The van der Waals surface area contributed by atoms with Crippen molar-refractivity contribution < 1.29 is 5.11 Å². The van der Waals surface area contributed by atoms with Crippen LogP contribution in [-0.4, -0.2) is 36.4 Å². The zero-order valence-electron chi connectivity index (χ0n) is 7.16. The number of hydrogen-bond acceptors (Lipinski definition) is 3. The maximum absolute atomic E-state index is 9.87. The highest BCUT2D eigenvalue weighted by Crippen LogP contribution is 2.14. The number of nitrogens with one attached hydrogen (secondary N) is 2. The summed E-state index contributed by atoms with van der Waals surface area (Å²) in [6, 6.07) is 0.464. The molecule has 3 atom stereocenters. The Morgan fingerprint density at radius 1 is 1.42 bits per heavy atom. The van der Waals surface area contributed by atoms with Gasteiger partial charge in [-0.15, -0.1) is 0 Å². The molecule has 0 radical (unpaired) electrons. The first kappa shape index (κ1) is 8.23. The summed E-state index contributed by atoms with van der Waals surface area (Å²) in [7, 11) is 0. The number of aliphatic hydroxyl groups is 1. The van der Waals surface area contributed by atoms with Crippen molar-refractivity contribution in [1.82, 2.24) is 10.6 Å². The van der Waals surface area contributed by atoms with Gasteiger partial charge in [0.15, 0.2) is 0 Å². The quantitative estimate of drug-likeness (QED) is 0.493. The SMILES string of the molecule is OC(C1C=CCN1)C1CCCN1. The lowest BCUT2D eigenvalue weighted by Gasteiger charge is -2.23. The van der Waals surface area contributed by atoms with Crippen LogP contribution < -0.4 is 10.6 Å². The fourth-order valence-corrected chi connectivity index (χ4v) is 1.97. The largest absolute Gasteiger partial charge is 0.390 e. The van der Waals surface area contributed by atoms with E-state index in [1.54, 1.807) is 0 Å². The van der Waals surface area contributed by atoms with Crippen molar-refractivity contribution in [2.45, 2.75) is 31.0 Å². The van der Waals surface area contributed by atoms with E-state index in [1.807, 2.05) is 0 Å². The van der Waals surface area contributed by atoms with Gasteiger partial charge in [-0.1, -0.05) is 12.2 Å². The second-order valence-corrected chi connectivity index (χ2v) is 3.56. The van der Waals surface area contributed by atoms with E-state index in [2.05, 4.69) is 22.8 Å². The molecule has 2 aliphatic heterocycles. The standard InChI is InChI=1S/C9H16N2O/c12-9(7-3-1-5-10-7)8-4-2-6-11-8/h1,3,7-12H,2,4-6H2. The molecule has 0 spiro atoms. The highest BCUT2D eigenvalue weighted by atomic mass is 16.3. The van der Waals surface area contributed by atoms with Crippen LogP contribution >= 0.6 is 0 Å². The van der Waals surface area contributed by atoms with Crippen LogP contribution in [0.5, 0.6) is 0 Å². The van der Waals surface area contributed by atoms with Gasteiger partial charge in [0.05, 0.1) is 12.1 Å². The van der Waals surface area contributed by atoms with Crippen molar-refractivity contribution in [3.63, 3.8) is 0 Å². The fraction of sp³-hybridized carbons (Fsp3) is 0.778. The van der Waals surface area contributed by atoms with Crippen molar-refractivity contribution in [3.8, 4) is 0 Å². The predicted octanol–water partition coefficient (Wildman–Crippen LogP) is -0.373. The fourth-order valence-electron chi connectivity index (χ4n) is 1.97. The van der Waals surface area contributed by atoms with Crippen LogP contribution in [-0.2, 0) is 0 Å². The Morgan fingerprint density at radius 2 is 2.33 bits per heavy atom. The van der Waals surface area contributed by atoms with Crippen molar-refractivity contribution in [1.29, 1.82) is 0 Å². The van der Waals surface area contributed by atoms with Crippen molar-refractivity contribution >= 4 is 0 Å². The molecule has 2 rings (SSSR count). The lowest BCUT2D eigenvalue weighted by molar-refractivity contribution is 0.114. The van der Waals surface area contributed by atoms with Crippen LogP contribution in [0.15, 0.2) is 12.2 Å². The van der Waals surface area contributed by atoms with Crippen molar-refractivity contribution in [2.75, 3.05) is 13.1 Å². The van der Waals surface area contributed by atoms with Crippen LogP contribution in [0.1, 0.15) is 12.8 Å². The summed E-state index contributed by atoms with van der Waals surface area (Å²) >= 11 is 0. The van der Waals surface area contributed by atoms with Crippen LogP contribution in [0.25, 0.3) is 0 Å². The molecule has 1 saturated heterocycles. The Morgan fingerprint density at radius 3 is 2.92 bits per heavy atom. The molecule has 3 unspecified atom stereocenters. The van der Waals surface area contributed by atoms with E-state index >= 15 is 0 Å². The highest BCUT2D eigenvalue weighted by Gasteiger charge is 2.28. The molecule has 0 aromatic rings. The van der Waals surface area contributed by atoms with Gasteiger partial charge in [0.25, 0.3) is 0 Å². The van der Waals surface area contributed by atoms with Crippen LogP contribution in [0.3, 0.4) is 0 Å². The smallest absolute Gasteiger partial charge is 0.0881 e. The lowest BCUT2D eigenvalue weighted by atomic mass is 10.0. The molecule has 3 N–H and O–H groups in total. The molecule has 2 aliphatic rings. The molecule has 68 valence electrons. The van der Waals surface area contributed by atoms with E-state index in [9.17, 15) is 5.11 Å². The van der Waals surface area contributed by atoms with Crippen molar-refractivity contribution in [2.24, 2.45) is 0 Å². The Bertz CT molecular complexity index is 175. The summed E-state index contributed by atoms with van der Waals surface area (Å²) in [5.74, 6) is 0. The predicted molar refractivity (Wildman–Crippen MR) is 48.0 cm³/mol. The average Bonchev–Trinajstić information content (AvgIpc) is 2.77. The van der Waals surface area contributed by atoms with Crippen LogP contribution in [0.4, 0.5) is 0 Å². The first-order valence-corrected chi connectivity index (χ1v) is 4.69. The van der Waals surface area contributed by atoms with Gasteiger partial charge in [0.1, 0.15) is 0 Å². The van der Waals surface area contributed by atoms with Crippen LogP contribution in [0.2, 0.25) is 0 Å². The second-order valence-electron chi connectivity index (χ2n) is 3.56. The average molecular weight is 168 g/mol. The summed E-state index contributed by atoms with van der Waals surface area (Å²) in [6.45, 7) is 1.95. The van der Waals surface area contributed by atoms with Gasteiger partial charge in [-0.05, 0) is 19.4 Å². The van der Waals surface area contributed by atoms with Gasteiger partial charge < -0.3 is 15.7 Å². The Kier molecular flexibility index (Phi) is 2.44. The van der Waals surface area contributed by atoms with Crippen LogP contribution in [0, 0.1) is 0 Å². The molecule has 0 amide bonds. The monoisotopic (exact) mass is 168 g/mol. The molecule has 0 saturated carbocycles. The lowest BCUT2D eigenvalue weighted by Crippen LogP contribution is -2.46. The van der Waals surface area contributed by atoms with Gasteiger partial charge >= 0.3 is 0 Å². The van der Waals surface area contributed by atoms with E-state index in [0.29, 0.717) is 6.04 Å². The van der Waals surface area contributed by atoms with Gasteiger partial charge in [-0.25, -0.2) is 0 Å². The molecular formula is C9H16N2O. The van der Waals surface area contributed by atoms with E-state index in [0.717, 1.165) is 19.5 Å². The maximum atomic E-state index is 9.87. The molecule has 12 heavy (non-hydrogen) atoms. The summed E-state index contributed by atoms with van der Waals surface area (Å²) in [5.41, 5.74) is 0. The summed E-state index contributed by atoms with van der Waals surface area (Å²) < 4.78 is 0. The highest BCUT2D eigenvalue weighted by molar-refractivity contribution is 5.07. The Balaban J connectivity index is 1.89. The summed E-state index contributed by atoms with van der Waals surface area (Å²) in [6.07, 6.45) is 6.17. The molecular weight excluding hydrogens is 152 g/mol. The number of hydrogen-bond donors (Lipinski definition) is 3.